The maximum absolute atomic E-state index is 12.8. The van der Waals surface area contributed by atoms with Gasteiger partial charge in [0, 0.05) is 25.6 Å². The molecule has 1 amide bonds. The average Bonchev–Trinajstić information content (AvgIpc) is 2.88. The maximum Gasteiger partial charge on any atom is 0.272 e. The fourth-order valence-corrected chi connectivity index (χ4v) is 3.31. The van der Waals surface area contributed by atoms with E-state index in [0.29, 0.717) is 12.2 Å². The normalized spacial score (nSPS) is 21.9. The molecular weight excluding hydrogens is 278 g/mol. The average molecular weight is 305 g/mol. The van der Waals surface area contributed by atoms with Gasteiger partial charge in [-0.05, 0) is 31.7 Å². The van der Waals surface area contributed by atoms with Gasteiger partial charge in [0.05, 0.1) is 12.3 Å². The molecule has 1 aliphatic heterocycles. The van der Waals surface area contributed by atoms with E-state index in [1.807, 2.05) is 24.1 Å². The van der Waals surface area contributed by atoms with Crippen LogP contribution in [0.5, 0.6) is 0 Å². The van der Waals surface area contributed by atoms with E-state index in [1.165, 1.54) is 0 Å². The number of carbonyl (C=O) groups excluding carboxylic acids is 1. The van der Waals surface area contributed by atoms with Crippen LogP contribution < -0.4 is 0 Å². The van der Waals surface area contributed by atoms with Crippen molar-refractivity contribution in [2.45, 2.75) is 39.0 Å². The van der Waals surface area contributed by atoms with Crippen molar-refractivity contribution in [2.24, 2.45) is 12.5 Å². The number of allylic oxidation sites excluding steroid dienone is 1. The summed E-state index contributed by atoms with van der Waals surface area (Å²) in [4.78, 5) is 14.7. The number of likely N-dealkylation sites (tertiary alicyclic amines) is 1. The summed E-state index contributed by atoms with van der Waals surface area (Å²) in [6, 6.07) is 1.90. The molecule has 1 unspecified atom stereocenters. The molecule has 1 fully saturated rings. The first-order valence-corrected chi connectivity index (χ1v) is 8.09. The maximum atomic E-state index is 12.8. The van der Waals surface area contributed by atoms with E-state index < -0.39 is 0 Å². The van der Waals surface area contributed by atoms with Crippen LogP contribution >= 0.6 is 0 Å². The summed E-state index contributed by atoms with van der Waals surface area (Å²) >= 11 is 0. The van der Waals surface area contributed by atoms with Crippen molar-refractivity contribution in [3.05, 3.63) is 30.1 Å². The highest BCUT2D eigenvalue weighted by Gasteiger charge is 2.36. The lowest BCUT2D eigenvalue weighted by molar-refractivity contribution is 0.0278. The molecule has 22 heavy (non-hydrogen) atoms. The molecule has 1 aromatic rings. The summed E-state index contributed by atoms with van der Waals surface area (Å²) in [5.41, 5.74) is 1.36. The Kier molecular flexibility index (Phi) is 5.40. The van der Waals surface area contributed by atoms with Crippen LogP contribution in [-0.4, -0.2) is 45.4 Å². The first-order chi connectivity index (χ1) is 10.5. The number of hydrogen-bond donors (Lipinski definition) is 1. The first kappa shape index (κ1) is 16.7. The number of amides is 1. The summed E-state index contributed by atoms with van der Waals surface area (Å²) in [5, 5.41) is 14.2. The van der Waals surface area contributed by atoms with E-state index in [-0.39, 0.29) is 17.9 Å². The van der Waals surface area contributed by atoms with Crippen LogP contribution in [0.3, 0.4) is 0 Å². The Labute approximate surface area is 132 Å². The Hall–Kier alpha value is -1.62. The predicted octanol–water partition coefficient (Wildman–Crippen LogP) is 2.16. The van der Waals surface area contributed by atoms with Crippen molar-refractivity contribution in [2.75, 3.05) is 19.7 Å². The Bertz CT molecular complexity index is 538. The summed E-state index contributed by atoms with van der Waals surface area (Å²) < 4.78 is 1.68. The van der Waals surface area contributed by atoms with Crippen molar-refractivity contribution in [3.8, 4) is 0 Å². The van der Waals surface area contributed by atoms with Gasteiger partial charge in [-0.1, -0.05) is 19.4 Å². The second-order valence-corrected chi connectivity index (χ2v) is 6.38. The highest BCUT2D eigenvalue weighted by Crippen LogP contribution is 2.34. The molecule has 1 atom stereocenters. The Morgan fingerprint density at radius 1 is 1.59 bits per heavy atom. The van der Waals surface area contributed by atoms with Crippen molar-refractivity contribution < 1.29 is 9.90 Å². The summed E-state index contributed by atoms with van der Waals surface area (Å²) in [6.45, 7) is 7.31. The third-order valence-electron chi connectivity index (χ3n) is 4.52. The lowest BCUT2D eigenvalue weighted by Crippen LogP contribution is -2.48. The smallest absolute Gasteiger partial charge is 0.272 e. The SMILES string of the molecule is C=CCC1(CO)CCCN(C(=O)c2cc(CCC)nn2C)C1. The second kappa shape index (κ2) is 7.09. The van der Waals surface area contributed by atoms with Gasteiger partial charge in [-0.15, -0.1) is 6.58 Å². The van der Waals surface area contributed by atoms with E-state index in [2.05, 4.69) is 18.6 Å². The van der Waals surface area contributed by atoms with Crippen LogP contribution in [-0.2, 0) is 13.5 Å². The Morgan fingerprint density at radius 3 is 3.00 bits per heavy atom. The number of piperidine rings is 1. The Balaban J connectivity index is 2.16. The molecule has 0 aliphatic carbocycles. The zero-order chi connectivity index (χ0) is 16.2. The molecule has 0 bridgehead atoms. The minimum Gasteiger partial charge on any atom is -0.396 e. The molecule has 1 saturated heterocycles. The fourth-order valence-electron chi connectivity index (χ4n) is 3.31. The number of aliphatic hydroxyl groups is 1. The van der Waals surface area contributed by atoms with Crippen molar-refractivity contribution in [1.82, 2.24) is 14.7 Å². The van der Waals surface area contributed by atoms with Gasteiger partial charge in [0.2, 0.25) is 0 Å². The molecule has 1 aromatic heterocycles. The molecule has 0 saturated carbocycles. The molecule has 2 heterocycles. The zero-order valence-electron chi connectivity index (χ0n) is 13.7. The van der Waals surface area contributed by atoms with Gasteiger partial charge in [0.15, 0.2) is 0 Å². The van der Waals surface area contributed by atoms with Gasteiger partial charge < -0.3 is 10.0 Å². The first-order valence-electron chi connectivity index (χ1n) is 8.09. The quantitative estimate of drug-likeness (QED) is 0.819. The van der Waals surface area contributed by atoms with Crippen LogP contribution in [0.25, 0.3) is 0 Å². The van der Waals surface area contributed by atoms with Gasteiger partial charge in [0.1, 0.15) is 5.69 Å². The molecule has 0 radical (unpaired) electrons. The predicted molar refractivity (Wildman–Crippen MR) is 86.7 cm³/mol. The number of rotatable bonds is 6. The number of nitrogens with zero attached hydrogens (tertiary/aromatic N) is 3. The van der Waals surface area contributed by atoms with Gasteiger partial charge >= 0.3 is 0 Å². The molecule has 122 valence electrons. The molecular formula is C17H27N3O2. The molecule has 0 aromatic carbocycles. The van der Waals surface area contributed by atoms with Crippen LogP contribution in [0.4, 0.5) is 0 Å². The number of hydrogen-bond acceptors (Lipinski definition) is 3. The van der Waals surface area contributed by atoms with Crippen LogP contribution in [0.2, 0.25) is 0 Å². The highest BCUT2D eigenvalue weighted by atomic mass is 16.3. The van der Waals surface area contributed by atoms with E-state index in [1.54, 1.807) is 4.68 Å². The third kappa shape index (κ3) is 3.40. The largest absolute Gasteiger partial charge is 0.396 e. The highest BCUT2D eigenvalue weighted by molar-refractivity contribution is 5.92. The third-order valence-corrected chi connectivity index (χ3v) is 4.52. The van der Waals surface area contributed by atoms with E-state index in [0.717, 1.165) is 44.3 Å². The van der Waals surface area contributed by atoms with Gasteiger partial charge in [-0.3, -0.25) is 9.48 Å². The summed E-state index contributed by atoms with van der Waals surface area (Å²) in [7, 11) is 1.82. The molecule has 2 rings (SSSR count). The molecule has 1 aliphatic rings. The molecule has 5 heteroatoms. The van der Waals surface area contributed by atoms with Crippen LogP contribution in [0, 0.1) is 5.41 Å². The lowest BCUT2D eigenvalue weighted by Gasteiger charge is -2.41. The van der Waals surface area contributed by atoms with Crippen molar-refractivity contribution in [1.29, 1.82) is 0 Å². The summed E-state index contributed by atoms with van der Waals surface area (Å²) in [5.74, 6) is 0.0129. The standard InChI is InChI=1S/C17H27N3O2/c1-4-7-14-11-15(19(3)18-14)16(22)20-10-6-9-17(12-20,13-21)8-5-2/h5,11,21H,2,4,6-10,12-13H2,1,3H3. The van der Waals surface area contributed by atoms with Crippen molar-refractivity contribution in [3.63, 3.8) is 0 Å². The topological polar surface area (TPSA) is 58.4 Å². The monoisotopic (exact) mass is 305 g/mol. The Morgan fingerprint density at radius 2 is 2.36 bits per heavy atom. The fraction of sp³-hybridized carbons (Fsp3) is 0.647. The van der Waals surface area contributed by atoms with Gasteiger partial charge in [0.25, 0.3) is 5.91 Å². The molecule has 1 N–H and O–H groups in total. The van der Waals surface area contributed by atoms with Crippen molar-refractivity contribution >= 4 is 5.91 Å². The molecule has 5 nitrogen and oxygen atoms in total. The van der Waals surface area contributed by atoms with Crippen LogP contribution in [0.15, 0.2) is 18.7 Å². The minimum absolute atomic E-state index is 0.0129. The van der Waals surface area contributed by atoms with E-state index >= 15 is 0 Å². The number of aliphatic hydroxyl groups excluding tert-OH is 1. The zero-order valence-corrected chi connectivity index (χ0v) is 13.7. The van der Waals surface area contributed by atoms with Crippen LogP contribution in [0.1, 0.15) is 48.8 Å². The number of carbonyl (C=O) groups is 1. The number of aryl methyl sites for hydroxylation is 2. The van der Waals surface area contributed by atoms with Gasteiger partial charge in [-0.25, -0.2) is 0 Å². The van der Waals surface area contributed by atoms with E-state index in [9.17, 15) is 9.90 Å². The number of aromatic nitrogens is 2. The molecule has 0 spiro atoms. The summed E-state index contributed by atoms with van der Waals surface area (Å²) in [6.07, 6.45) is 6.33. The lowest BCUT2D eigenvalue weighted by atomic mass is 9.78. The van der Waals surface area contributed by atoms with E-state index in [4.69, 9.17) is 0 Å². The van der Waals surface area contributed by atoms with Gasteiger partial charge in [-0.2, -0.15) is 5.10 Å². The minimum atomic E-state index is -0.236. The second-order valence-electron chi connectivity index (χ2n) is 6.38.